The highest BCUT2D eigenvalue weighted by Gasteiger charge is 2.33. The molecule has 0 aromatic carbocycles. The maximum atomic E-state index is 12.0. The Labute approximate surface area is 128 Å². The molecule has 0 N–H and O–H groups in total. The number of hydrogen-bond donors (Lipinski definition) is 0. The van der Waals surface area contributed by atoms with Crippen molar-refractivity contribution in [3.05, 3.63) is 20.8 Å². The predicted molar refractivity (Wildman–Crippen MR) is 84.5 cm³/mol. The third-order valence-electron chi connectivity index (χ3n) is 3.88. The Balaban J connectivity index is 1.90. The molecule has 1 aromatic rings. The van der Waals surface area contributed by atoms with Gasteiger partial charge in [0.2, 0.25) is 0 Å². The molecule has 1 aliphatic rings. The fourth-order valence-corrected chi connectivity index (χ4v) is 4.39. The van der Waals surface area contributed by atoms with E-state index in [-0.39, 0.29) is 5.92 Å². The van der Waals surface area contributed by atoms with E-state index in [1.54, 1.807) is 11.3 Å². The van der Waals surface area contributed by atoms with Gasteiger partial charge in [-0.05, 0) is 47.3 Å². The van der Waals surface area contributed by atoms with Crippen molar-refractivity contribution in [2.75, 3.05) is 13.6 Å². The zero-order chi connectivity index (χ0) is 14.0. The second-order valence-electron chi connectivity index (χ2n) is 6.46. The van der Waals surface area contributed by atoms with Crippen molar-refractivity contribution >= 4 is 33.0 Å². The molecule has 0 aliphatic heterocycles. The first-order valence-electron chi connectivity index (χ1n) is 6.80. The van der Waals surface area contributed by atoms with Crippen LogP contribution in [0.15, 0.2) is 15.9 Å². The summed E-state index contributed by atoms with van der Waals surface area (Å²) in [5.41, 5.74) is 0.325. The Morgan fingerprint density at radius 2 is 2.26 bits per heavy atom. The van der Waals surface area contributed by atoms with Crippen LogP contribution in [0.5, 0.6) is 0 Å². The lowest BCUT2D eigenvalue weighted by Gasteiger charge is -2.35. The van der Waals surface area contributed by atoms with E-state index >= 15 is 0 Å². The van der Waals surface area contributed by atoms with Gasteiger partial charge in [0, 0.05) is 40.2 Å². The van der Waals surface area contributed by atoms with E-state index < -0.39 is 0 Å². The lowest BCUT2D eigenvalue weighted by atomic mass is 9.71. The van der Waals surface area contributed by atoms with E-state index in [0.29, 0.717) is 11.2 Å². The van der Waals surface area contributed by atoms with E-state index in [2.05, 4.69) is 53.2 Å². The van der Waals surface area contributed by atoms with Crippen molar-refractivity contribution in [2.45, 2.75) is 39.7 Å². The van der Waals surface area contributed by atoms with Crippen molar-refractivity contribution in [2.24, 2.45) is 11.3 Å². The lowest BCUT2D eigenvalue weighted by molar-refractivity contribution is -0.127. The van der Waals surface area contributed by atoms with Gasteiger partial charge in [0.1, 0.15) is 5.78 Å². The molecular weight excluding hydrogens is 322 g/mol. The summed E-state index contributed by atoms with van der Waals surface area (Å²) in [6.07, 6.45) is 2.84. The average Bonchev–Trinajstić information content (AvgIpc) is 2.69. The van der Waals surface area contributed by atoms with Gasteiger partial charge in [-0.3, -0.25) is 4.79 Å². The first-order chi connectivity index (χ1) is 8.85. The highest BCUT2D eigenvalue weighted by molar-refractivity contribution is 9.10. The molecule has 1 aliphatic carbocycles. The summed E-state index contributed by atoms with van der Waals surface area (Å²) < 4.78 is 1.15. The summed E-state index contributed by atoms with van der Waals surface area (Å²) in [7, 11) is 2.11. The number of nitrogens with zero attached hydrogens (tertiary/aromatic N) is 1. The summed E-state index contributed by atoms with van der Waals surface area (Å²) in [6, 6.07) is 2.16. The van der Waals surface area contributed by atoms with Crippen LogP contribution in [0.2, 0.25) is 0 Å². The van der Waals surface area contributed by atoms with Crippen LogP contribution < -0.4 is 0 Å². The van der Waals surface area contributed by atoms with Gasteiger partial charge in [-0.2, -0.15) is 0 Å². The lowest BCUT2D eigenvalue weighted by Crippen LogP contribution is -2.37. The number of ketones is 1. The van der Waals surface area contributed by atoms with Gasteiger partial charge in [-0.15, -0.1) is 11.3 Å². The Bertz CT molecular complexity index is 455. The fraction of sp³-hybridized carbons (Fsp3) is 0.667. The second-order valence-corrected chi connectivity index (χ2v) is 8.37. The molecule has 0 saturated heterocycles. The number of carbonyl (C=O) groups excluding carboxylic acids is 1. The summed E-state index contributed by atoms with van der Waals surface area (Å²) in [5.74, 6) is 0.677. The van der Waals surface area contributed by atoms with Crippen LogP contribution in [-0.2, 0) is 11.3 Å². The van der Waals surface area contributed by atoms with Crippen LogP contribution in [0.4, 0.5) is 0 Å². The van der Waals surface area contributed by atoms with E-state index in [9.17, 15) is 4.79 Å². The van der Waals surface area contributed by atoms with E-state index in [4.69, 9.17) is 0 Å². The molecule has 1 heterocycles. The highest BCUT2D eigenvalue weighted by Crippen LogP contribution is 2.37. The van der Waals surface area contributed by atoms with Crippen LogP contribution in [0.3, 0.4) is 0 Å². The molecular formula is C15H22BrNOS. The molecule has 19 heavy (non-hydrogen) atoms. The molecule has 1 atom stereocenters. The fourth-order valence-electron chi connectivity index (χ4n) is 2.86. The van der Waals surface area contributed by atoms with E-state index in [1.807, 2.05) is 0 Å². The first-order valence-corrected chi connectivity index (χ1v) is 8.47. The maximum Gasteiger partial charge on any atom is 0.137 e. The smallest absolute Gasteiger partial charge is 0.137 e. The summed E-state index contributed by atoms with van der Waals surface area (Å²) in [4.78, 5) is 15.7. The number of carbonyl (C=O) groups is 1. The molecule has 1 saturated carbocycles. The minimum atomic E-state index is 0.220. The second kappa shape index (κ2) is 6.06. The van der Waals surface area contributed by atoms with E-state index in [0.717, 1.165) is 36.8 Å². The number of thiophene rings is 1. The van der Waals surface area contributed by atoms with Crippen molar-refractivity contribution in [1.82, 2.24) is 4.90 Å². The maximum absolute atomic E-state index is 12.0. The molecule has 4 heteroatoms. The van der Waals surface area contributed by atoms with Gasteiger partial charge >= 0.3 is 0 Å². The first kappa shape index (κ1) is 15.2. The highest BCUT2D eigenvalue weighted by atomic mass is 79.9. The molecule has 0 bridgehead atoms. The Morgan fingerprint density at radius 3 is 2.89 bits per heavy atom. The SMILES string of the molecule is CN(Cc1cc(Br)cs1)CC1CC(C)(C)CCC1=O. The Morgan fingerprint density at radius 1 is 1.53 bits per heavy atom. The molecule has 1 unspecified atom stereocenters. The van der Waals surface area contributed by atoms with Gasteiger partial charge in [0.25, 0.3) is 0 Å². The van der Waals surface area contributed by atoms with Gasteiger partial charge in [-0.1, -0.05) is 13.8 Å². The third-order valence-corrected chi connectivity index (χ3v) is 5.56. The van der Waals surface area contributed by atoms with Gasteiger partial charge < -0.3 is 4.90 Å². The standard InChI is InChI=1S/C15H22BrNOS/c1-15(2)5-4-14(18)11(7-15)8-17(3)9-13-6-12(16)10-19-13/h6,10-11H,4-5,7-9H2,1-3H3. The zero-order valence-corrected chi connectivity index (χ0v) is 14.3. The molecule has 0 amide bonds. The summed E-state index contributed by atoms with van der Waals surface area (Å²) in [6.45, 7) is 6.38. The van der Waals surface area contributed by atoms with Crippen LogP contribution >= 0.6 is 27.3 Å². The van der Waals surface area contributed by atoms with Gasteiger partial charge in [0.15, 0.2) is 0 Å². The Kier molecular flexibility index (Phi) is 4.85. The van der Waals surface area contributed by atoms with E-state index in [1.165, 1.54) is 4.88 Å². The van der Waals surface area contributed by atoms with Crippen LogP contribution in [0.1, 0.15) is 38.0 Å². The summed E-state index contributed by atoms with van der Waals surface area (Å²) >= 11 is 5.25. The Hall–Kier alpha value is -0.190. The van der Waals surface area contributed by atoms with Crippen LogP contribution in [0.25, 0.3) is 0 Å². The minimum Gasteiger partial charge on any atom is -0.301 e. The quantitative estimate of drug-likeness (QED) is 0.810. The van der Waals surface area contributed by atoms with Crippen molar-refractivity contribution in [3.8, 4) is 0 Å². The normalized spacial score (nSPS) is 23.0. The molecule has 1 fully saturated rings. The third kappa shape index (κ3) is 4.40. The van der Waals surface area contributed by atoms with Gasteiger partial charge in [0.05, 0.1) is 0 Å². The summed E-state index contributed by atoms with van der Waals surface area (Å²) in [5, 5.41) is 2.11. The molecule has 2 rings (SSSR count). The predicted octanol–water partition coefficient (Wildman–Crippen LogP) is 4.34. The molecule has 2 nitrogen and oxygen atoms in total. The van der Waals surface area contributed by atoms with Crippen molar-refractivity contribution in [1.29, 1.82) is 0 Å². The topological polar surface area (TPSA) is 20.3 Å². The molecule has 0 radical (unpaired) electrons. The number of rotatable bonds is 4. The van der Waals surface area contributed by atoms with Crippen LogP contribution in [0, 0.1) is 11.3 Å². The average molecular weight is 344 g/mol. The largest absolute Gasteiger partial charge is 0.301 e. The molecule has 106 valence electrons. The molecule has 0 spiro atoms. The number of Topliss-reactive ketones (excluding diaryl/α,β-unsaturated/α-hetero) is 1. The minimum absolute atomic E-state index is 0.220. The number of hydrogen-bond acceptors (Lipinski definition) is 3. The van der Waals surface area contributed by atoms with Crippen molar-refractivity contribution in [3.63, 3.8) is 0 Å². The zero-order valence-electron chi connectivity index (χ0n) is 11.9. The monoisotopic (exact) mass is 343 g/mol. The van der Waals surface area contributed by atoms with Crippen molar-refractivity contribution < 1.29 is 4.79 Å². The van der Waals surface area contributed by atoms with Crippen LogP contribution in [-0.4, -0.2) is 24.3 Å². The van der Waals surface area contributed by atoms with Gasteiger partial charge in [-0.25, -0.2) is 0 Å². The molecule has 1 aromatic heterocycles. The number of halogens is 1.